The molecular formula is C9H16N4O4S2. The number of primary sulfonamides is 1. The van der Waals surface area contributed by atoms with Crippen molar-refractivity contribution in [1.82, 2.24) is 4.72 Å². The average molecular weight is 308 g/mol. The molecule has 0 heterocycles. The summed E-state index contributed by atoms with van der Waals surface area (Å²) in [5.74, 6) is -0.282. The molecule has 0 unspecified atom stereocenters. The Morgan fingerprint density at radius 1 is 1.21 bits per heavy atom. The van der Waals surface area contributed by atoms with Crippen molar-refractivity contribution < 1.29 is 16.8 Å². The van der Waals surface area contributed by atoms with Crippen molar-refractivity contribution in [3.8, 4) is 0 Å². The monoisotopic (exact) mass is 308 g/mol. The van der Waals surface area contributed by atoms with E-state index in [9.17, 15) is 16.8 Å². The molecule has 0 amide bonds. The predicted molar refractivity (Wildman–Crippen MR) is 73.6 cm³/mol. The van der Waals surface area contributed by atoms with Crippen molar-refractivity contribution in [3.05, 3.63) is 18.2 Å². The van der Waals surface area contributed by atoms with E-state index in [4.69, 9.17) is 10.9 Å². The molecule has 0 bridgehead atoms. The summed E-state index contributed by atoms with van der Waals surface area (Å²) < 4.78 is 46.9. The molecule has 1 aromatic carbocycles. The minimum absolute atomic E-state index is 0.0299. The quantitative estimate of drug-likeness (QED) is 0.490. The highest BCUT2D eigenvalue weighted by molar-refractivity contribution is 7.89. The van der Waals surface area contributed by atoms with E-state index in [1.807, 2.05) is 0 Å². The number of hydrogen-bond acceptors (Lipinski definition) is 6. The van der Waals surface area contributed by atoms with Crippen LogP contribution < -0.4 is 20.9 Å². The fraction of sp³-hybridized carbons (Fsp3) is 0.333. The van der Waals surface area contributed by atoms with Gasteiger partial charge in [-0.15, -0.1) is 0 Å². The predicted octanol–water partition coefficient (Wildman–Crippen LogP) is -1.12. The normalized spacial score (nSPS) is 12.3. The van der Waals surface area contributed by atoms with E-state index in [-0.39, 0.29) is 17.2 Å². The molecule has 0 fully saturated rings. The van der Waals surface area contributed by atoms with Crippen LogP contribution in [0.5, 0.6) is 0 Å². The average Bonchev–Trinajstić information content (AvgIpc) is 2.29. The highest BCUT2D eigenvalue weighted by atomic mass is 32.2. The van der Waals surface area contributed by atoms with Crippen LogP contribution in [0.4, 0.5) is 11.4 Å². The Kier molecular flexibility index (Phi) is 4.74. The molecule has 6 N–H and O–H groups in total. The van der Waals surface area contributed by atoms with Gasteiger partial charge in [-0.1, -0.05) is 0 Å². The maximum absolute atomic E-state index is 11.6. The lowest BCUT2D eigenvalue weighted by Gasteiger charge is -2.11. The van der Waals surface area contributed by atoms with Gasteiger partial charge in [-0.25, -0.2) is 26.7 Å². The van der Waals surface area contributed by atoms with Gasteiger partial charge >= 0.3 is 0 Å². The third-order valence-corrected chi connectivity index (χ3v) is 4.49. The fourth-order valence-electron chi connectivity index (χ4n) is 1.30. The lowest BCUT2D eigenvalue weighted by Crippen LogP contribution is -2.23. The van der Waals surface area contributed by atoms with E-state index in [1.165, 1.54) is 25.2 Å². The van der Waals surface area contributed by atoms with Crippen LogP contribution in [0.2, 0.25) is 0 Å². The summed E-state index contributed by atoms with van der Waals surface area (Å²) in [5, 5.41) is 7.58. The van der Waals surface area contributed by atoms with Gasteiger partial charge in [-0.05, 0) is 25.2 Å². The van der Waals surface area contributed by atoms with Crippen LogP contribution in [0.3, 0.4) is 0 Å². The SMILES string of the molecule is CNS(=O)(=O)c1ccc(N)c(NCCS(N)(=O)=O)c1. The molecule has 1 aromatic rings. The number of benzene rings is 1. The van der Waals surface area contributed by atoms with Gasteiger partial charge in [-0.3, -0.25) is 0 Å². The maximum Gasteiger partial charge on any atom is 0.240 e. The van der Waals surface area contributed by atoms with E-state index in [2.05, 4.69) is 10.0 Å². The molecule has 108 valence electrons. The summed E-state index contributed by atoms with van der Waals surface area (Å²) in [6.45, 7) is 0.0338. The number of nitrogen functional groups attached to an aromatic ring is 1. The summed E-state index contributed by atoms with van der Waals surface area (Å²) >= 11 is 0. The van der Waals surface area contributed by atoms with Gasteiger partial charge in [0.15, 0.2) is 0 Å². The Hall–Kier alpha value is -1.36. The van der Waals surface area contributed by atoms with E-state index in [0.29, 0.717) is 11.4 Å². The highest BCUT2D eigenvalue weighted by Crippen LogP contribution is 2.22. The zero-order valence-corrected chi connectivity index (χ0v) is 11.9. The molecule has 10 heteroatoms. The van der Waals surface area contributed by atoms with Crippen LogP contribution >= 0.6 is 0 Å². The molecule has 0 saturated heterocycles. The summed E-state index contributed by atoms with van der Waals surface area (Å²) in [5.41, 5.74) is 6.31. The highest BCUT2D eigenvalue weighted by Gasteiger charge is 2.13. The number of hydrogen-bond donors (Lipinski definition) is 4. The van der Waals surface area contributed by atoms with Crippen LogP contribution in [0.25, 0.3) is 0 Å². The lowest BCUT2D eigenvalue weighted by atomic mass is 10.2. The molecule has 1 rings (SSSR count). The molecule has 8 nitrogen and oxygen atoms in total. The molecule has 0 aromatic heterocycles. The number of nitrogens with one attached hydrogen (secondary N) is 2. The second kappa shape index (κ2) is 5.74. The van der Waals surface area contributed by atoms with Gasteiger partial charge in [0.1, 0.15) is 0 Å². The lowest BCUT2D eigenvalue weighted by molar-refractivity contribution is 0.588. The Morgan fingerprint density at radius 3 is 2.37 bits per heavy atom. The van der Waals surface area contributed by atoms with E-state index >= 15 is 0 Å². The molecule has 0 radical (unpaired) electrons. The standard InChI is InChI=1S/C9H16N4O4S2/c1-12-19(16,17)7-2-3-8(10)9(6-7)13-4-5-18(11,14)15/h2-3,6,12-13H,4-5,10H2,1H3,(H2,11,14,15). The first-order valence-electron chi connectivity index (χ1n) is 5.23. The Balaban J connectivity index is 2.93. The Morgan fingerprint density at radius 2 is 1.84 bits per heavy atom. The molecular weight excluding hydrogens is 292 g/mol. The van der Waals surface area contributed by atoms with Crippen molar-refractivity contribution >= 4 is 31.4 Å². The van der Waals surface area contributed by atoms with Crippen molar-refractivity contribution in [3.63, 3.8) is 0 Å². The molecule has 0 aliphatic heterocycles. The van der Waals surface area contributed by atoms with Crippen molar-refractivity contribution in [2.75, 3.05) is 30.4 Å². The van der Waals surface area contributed by atoms with Gasteiger partial charge in [-0.2, -0.15) is 0 Å². The third-order valence-electron chi connectivity index (χ3n) is 2.31. The first kappa shape index (κ1) is 15.7. The Bertz CT molecular complexity index is 655. The van der Waals surface area contributed by atoms with Gasteiger partial charge in [0.25, 0.3) is 0 Å². The van der Waals surface area contributed by atoms with Gasteiger partial charge < -0.3 is 11.1 Å². The van der Waals surface area contributed by atoms with E-state index in [0.717, 1.165) is 0 Å². The smallest absolute Gasteiger partial charge is 0.240 e. The van der Waals surface area contributed by atoms with Crippen molar-refractivity contribution in [2.24, 2.45) is 5.14 Å². The summed E-state index contributed by atoms with van der Waals surface area (Å²) in [7, 11) is -5.87. The number of sulfonamides is 2. The molecule has 0 aliphatic carbocycles. The van der Waals surface area contributed by atoms with Crippen molar-refractivity contribution in [1.29, 1.82) is 0 Å². The van der Waals surface area contributed by atoms with Gasteiger partial charge in [0, 0.05) is 6.54 Å². The number of rotatable bonds is 6. The zero-order valence-electron chi connectivity index (χ0n) is 10.3. The fourth-order valence-corrected chi connectivity index (χ4v) is 2.44. The molecule has 19 heavy (non-hydrogen) atoms. The van der Waals surface area contributed by atoms with E-state index in [1.54, 1.807) is 0 Å². The summed E-state index contributed by atoms with van der Waals surface area (Å²) in [6, 6.07) is 4.10. The van der Waals surface area contributed by atoms with Gasteiger partial charge in [0.2, 0.25) is 20.0 Å². The van der Waals surface area contributed by atoms with Gasteiger partial charge in [0.05, 0.1) is 22.0 Å². The molecule has 0 saturated carbocycles. The van der Waals surface area contributed by atoms with Crippen LogP contribution in [-0.2, 0) is 20.0 Å². The first-order chi connectivity index (χ1) is 8.65. The number of nitrogens with two attached hydrogens (primary N) is 2. The molecule has 0 aliphatic rings. The van der Waals surface area contributed by atoms with Crippen LogP contribution in [0.1, 0.15) is 0 Å². The topological polar surface area (TPSA) is 144 Å². The second-order valence-corrected chi connectivity index (χ2v) is 7.37. The van der Waals surface area contributed by atoms with Crippen LogP contribution in [0, 0.1) is 0 Å². The van der Waals surface area contributed by atoms with E-state index < -0.39 is 20.0 Å². The Labute approximate surface area is 112 Å². The van der Waals surface area contributed by atoms with Crippen molar-refractivity contribution in [2.45, 2.75) is 4.90 Å². The van der Waals surface area contributed by atoms with Crippen LogP contribution in [-0.4, -0.2) is 36.2 Å². The largest absolute Gasteiger partial charge is 0.397 e. The second-order valence-electron chi connectivity index (χ2n) is 3.75. The summed E-state index contributed by atoms with van der Waals surface area (Å²) in [6.07, 6.45) is 0. The zero-order chi connectivity index (χ0) is 14.7. The minimum Gasteiger partial charge on any atom is -0.397 e. The molecule has 0 spiro atoms. The minimum atomic E-state index is -3.58. The first-order valence-corrected chi connectivity index (χ1v) is 8.43. The van der Waals surface area contributed by atoms with Crippen LogP contribution in [0.15, 0.2) is 23.1 Å². The number of anilines is 2. The molecule has 0 atom stereocenters. The maximum atomic E-state index is 11.6. The third kappa shape index (κ3) is 4.67. The summed E-state index contributed by atoms with van der Waals surface area (Å²) in [4.78, 5) is 0.0299.